The minimum absolute atomic E-state index is 0.566. The summed E-state index contributed by atoms with van der Waals surface area (Å²) in [5.41, 5.74) is 1.29. The van der Waals surface area contributed by atoms with Crippen LogP contribution in [0.3, 0.4) is 0 Å². The number of hydrogen-bond donors (Lipinski definition) is 0. The van der Waals surface area contributed by atoms with E-state index in [0.29, 0.717) is 3.92 Å². The summed E-state index contributed by atoms with van der Waals surface area (Å²) in [6.45, 7) is 2.15. The molecule has 2 heteroatoms. The summed E-state index contributed by atoms with van der Waals surface area (Å²) in [7, 11) is 0. The highest BCUT2D eigenvalue weighted by atomic mass is 127. The smallest absolute Gasteiger partial charge is 0.0346 e. The standard InChI is InChI=1S/C7H8IN/c1-6(8)7-3-2-4-9-5-7/h2-6H,1H3. The number of pyridine rings is 1. The van der Waals surface area contributed by atoms with Gasteiger partial charge in [-0.15, -0.1) is 0 Å². The number of halogens is 1. The maximum atomic E-state index is 4.00. The molecule has 0 aromatic carbocycles. The SMILES string of the molecule is CC(I)c1cccnc1. The molecule has 0 N–H and O–H groups in total. The second-order valence-corrected chi connectivity index (χ2v) is 3.77. The first-order valence-corrected chi connectivity index (χ1v) is 4.09. The molecule has 1 rings (SSSR count). The van der Waals surface area contributed by atoms with Gasteiger partial charge in [0.15, 0.2) is 0 Å². The predicted octanol–water partition coefficient (Wildman–Crippen LogP) is 2.58. The van der Waals surface area contributed by atoms with Gasteiger partial charge in [-0.2, -0.15) is 0 Å². The lowest BCUT2D eigenvalue weighted by Crippen LogP contribution is -1.82. The van der Waals surface area contributed by atoms with Gasteiger partial charge < -0.3 is 0 Å². The van der Waals surface area contributed by atoms with Crippen LogP contribution >= 0.6 is 22.6 Å². The van der Waals surface area contributed by atoms with Gasteiger partial charge in [-0.1, -0.05) is 28.7 Å². The number of alkyl halides is 1. The first kappa shape index (κ1) is 6.99. The van der Waals surface area contributed by atoms with Crippen LogP contribution in [0.15, 0.2) is 24.5 Å². The molecule has 0 saturated heterocycles. The molecule has 1 unspecified atom stereocenters. The topological polar surface area (TPSA) is 12.9 Å². The Hall–Kier alpha value is -0.120. The molecule has 0 aliphatic heterocycles. The van der Waals surface area contributed by atoms with Gasteiger partial charge in [-0.3, -0.25) is 4.98 Å². The summed E-state index contributed by atoms with van der Waals surface area (Å²) in [5, 5.41) is 0. The number of aromatic nitrogens is 1. The third-order valence-electron chi connectivity index (χ3n) is 1.14. The number of nitrogens with zero attached hydrogens (tertiary/aromatic N) is 1. The first-order chi connectivity index (χ1) is 4.30. The van der Waals surface area contributed by atoms with Gasteiger partial charge in [0.05, 0.1) is 0 Å². The molecule has 1 atom stereocenters. The van der Waals surface area contributed by atoms with E-state index in [1.165, 1.54) is 5.56 Å². The Morgan fingerprint density at radius 1 is 1.67 bits per heavy atom. The van der Waals surface area contributed by atoms with E-state index in [2.05, 4.69) is 40.6 Å². The van der Waals surface area contributed by atoms with E-state index in [4.69, 9.17) is 0 Å². The Bertz CT molecular complexity index is 172. The maximum absolute atomic E-state index is 4.00. The van der Waals surface area contributed by atoms with Gasteiger partial charge in [0.25, 0.3) is 0 Å². The highest BCUT2D eigenvalue weighted by molar-refractivity contribution is 14.1. The van der Waals surface area contributed by atoms with Gasteiger partial charge in [-0.05, 0) is 18.6 Å². The maximum Gasteiger partial charge on any atom is 0.0346 e. The summed E-state index contributed by atoms with van der Waals surface area (Å²) < 4.78 is 0.566. The van der Waals surface area contributed by atoms with E-state index in [0.717, 1.165) is 0 Å². The average molecular weight is 233 g/mol. The fourth-order valence-corrected chi connectivity index (χ4v) is 0.980. The molecule has 0 saturated carbocycles. The van der Waals surface area contributed by atoms with Crippen molar-refractivity contribution in [2.45, 2.75) is 10.8 Å². The van der Waals surface area contributed by atoms with Gasteiger partial charge in [-0.25, -0.2) is 0 Å². The van der Waals surface area contributed by atoms with E-state index in [-0.39, 0.29) is 0 Å². The molecule has 1 aromatic heterocycles. The van der Waals surface area contributed by atoms with Gasteiger partial charge in [0, 0.05) is 16.3 Å². The van der Waals surface area contributed by atoms with Crippen molar-refractivity contribution < 1.29 is 0 Å². The molecule has 0 radical (unpaired) electrons. The van der Waals surface area contributed by atoms with Crippen LogP contribution in [0.4, 0.5) is 0 Å². The van der Waals surface area contributed by atoms with Crippen molar-refractivity contribution in [2.24, 2.45) is 0 Å². The molecule has 48 valence electrons. The number of hydrogen-bond acceptors (Lipinski definition) is 1. The largest absolute Gasteiger partial charge is 0.264 e. The zero-order chi connectivity index (χ0) is 6.69. The normalized spacial score (nSPS) is 13.1. The highest BCUT2D eigenvalue weighted by Gasteiger charge is 1.96. The molecule has 1 heterocycles. The van der Waals surface area contributed by atoms with E-state index >= 15 is 0 Å². The van der Waals surface area contributed by atoms with Crippen molar-refractivity contribution in [3.8, 4) is 0 Å². The summed E-state index contributed by atoms with van der Waals surface area (Å²) in [5.74, 6) is 0. The van der Waals surface area contributed by atoms with Gasteiger partial charge in [0.1, 0.15) is 0 Å². The monoisotopic (exact) mass is 233 g/mol. The molecule has 0 fully saturated rings. The Balaban J connectivity index is 2.85. The van der Waals surface area contributed by atoms with Crippen molar-refractivity contribution in [1.82, 2.24) is 4.98 Å². The molecule has 1 nitrogen and oxygen atoms in total. The van der Waals surface area contributed by atoms with Gasteiger partial charge in [0.2, 0.25) is 0 Å². The van der Waals surface area contributed by atoms with Crippen LogP contribution in [0.2, 0.25) is 0 Å². The van der Waals surface area contributed by atoms with E-state index in [1.807, 2.05) is 12.3 Å². The molecule has 0 bridgehead atoms. The Labute approximate surface area is 68.6 Å². The summed E-state index contributed by atoms with van der Waals surface area (Å²) in [4.78, 5) is 4.00. The van der Waals surface area contributed by atoms with Crippen molar-refractivity contribution in [2.75, 3.05) is 0 Å². The van der Waals surface area contributed by atoms with E-state index in [1.54, 1.807) is 6.20 Å². The summed E-state index contributed by atoms with van der Waals surface area (Å²) in [6.07, 6.45) is 3.69. The average Bonchev–Trinajstić information content (AvgIpc) is 1.90. The summed E-state index contributed by atoms with van der Waals surface area (Å²) >= 11 is 2.37. The zero-order valence-corrected chi connectivity index (χ0v) is 7.37. The fourth-order valence-electron chi connectivity index (χ4n) is 0.611. The highest BCUT2D eigenvalue weighted by Crippen LogP contribution is 2.19. The van der Waals surface area contributed by atoms with Crippen LogP contribution in [0.1, 0.15) is 16.4 Å². The quantitative estimate of drug-likeness (QED) is 0.536. The van der Waals surface area contributed by atoms with Crippen LogP contribution in [-0.4, -0.2) is 4.98 Å². The Morgan fingerprint density at radius 2 is 2.44 bits per heavy atom. The van der Waals surface area contributed by atoms with Crippen LogP contribution in [0.25, 0.3) is 0 Å². The third-order valence-corrected chi connectivity index (χ3v) is 1.86. The van der Waals surface area contributed by atoms with Crippen molar-refractivity contribution in [1.29, 1.82) is 0 Å². The number of rotatable bonds is 1. The zero-order valence-electron chi connectivity index (χ0n) is 5.21. The summed E-state index contributed by atoms with van der Waals surface area (Å²) in [6, 6.07) is 4.05. The molecule has 0 aliphatic carbocycles. The molecule has 0 aliphatic rings. The second kappa shape index (κ2) is 3.15. The lowest BCUT2D eigenvalue weighted by atomic mass is 10.2. The Morgan fingerprint density at radius 3 is 2.78 bits per heavy atom. The fraction of sp³-hybridized carbons (Fsp3) is 0.286. The molecule has 9 heavy (non-hydrogen) atoms. The van der Waals surface area contributed by atoms with Crippen molar-refractivity contribution in [3.05, 3.63) is 30.1 Å². The van der Waals surface area contributed by atoms with Gasteiger partial charge >= 0.3 is 0 Å². The van der Waals surface area contributed by atoms with Crippen LogP contribution in [0.5, 0.6) is 0 Å². The molecule has 0 amide bonds. The minimum atomic E-state index is 0.566. The molecular formula is C7H8IN. The molecule has 0 spiro atoms. The Kier molecular flexibility index (Phi) is 2.45. The van der Waals surface area contributed by atoms with Crippen LogP contribution < -0.4 is 0 Å². The first-order valence-electron chi connectivity index (χ1n) is 2.84. The lowest BCUT2D eigenvalue weighted by Gasteiger charge is -1.99. The van der Waals surface area contributed by atoms with Crippen LogP contribution in [-0.2, 0) is 0 Å². The lowest BCUT2D eigenvalue weighted by molar-refractivity contribution is 1.11. The predicted molar refractivity (Wildman–Crippen MR) is 46.7 cm³/mol. The van der Waals surface area contributed by atoms with Crippen LogP contribution in [0, 0.1) is 0 Å². The second-order valence-electron chi connectivity index (χ2n) is 1.90. The van der Waals surface area contributed by atoms with Crippen molar-refractivity contribution in [3.63, 3.8) is 0 Å². The molecular weight excluding hydrogens is 225 g/mol. The molecule has 1 aromatic rings. The minimum Gasteiger partial charge on any atom is -0.264 e. The third kappa shape index (κ3) is 1.93. The van der Waals surface area contributed by atoms with E-state index in [9.17, 15) is 0 Å². The van der Waals surface area contributed by atoms with Crippen molar-refractivity contribution >= 4 is 22.6 Å². The van der Waals surface area contributed by atoms with E-state index < -0.39 is 0 Å².